The summed E-state index contributed by atoms with van der Waals surface area (Å²) in [7, 11) is 0. The lowest BCUT2D eigenvalue weighted by Gasteiger charge is -2.43. The summed E-state index contributed by atoms with van der Waals surface area (Å²) in [6, 6.07) is 0. The van der Waals surface area contributed by atoms with E-state index in [1.54, 1.807) is 20.8 Å². The van der Waals surface area contributed by atoms with Gasteiger partial charge in [0, 0.05) is 18.3 Å². The molecular weight excluding hydrogens is 422 g/mol. The van der Waals surface area contributed by atoms with Crippen LogP contribution in [0.1, 0.15) is 91.9 Å². The third kappa shape index (κ3) is 14.8. The van der Waals surface area contributed by atoms with E-state index in [0.29, 0.717) is 6.54 Å². The molecule has 7 nitrogen and oxygen atoms in total. The molecule has 0 spiro atoms. The van der Waals surface area contributed by atoms with Crippen molar-refractivity contribution in [2.24, 2.45) is 17.8 Å². The molecule has 0 fully saturated rings. The molecule has 3 atom stereocenters. The molecule has 0 bridgehead atoms. The highest BCUT2D eigenvalue weighted by Gasteiger charge is 2.36. The Hall–Kier alpha value is -1.89. The summed E-state index contributed by atoms with van der Waals surface area (Å²) < 4.78 is 0.154. The number of hydrogen-bond acceptors (Lipinski definition) is 4. The number of carboxylic acids is 3. The van der Waals surface area contributed by atoms with Crippen molar-refractivity contribution in [1.82, 2.24) is 0 Å². The molecule has 0 radical (unpaired) electrons. The molecule has 0 aliphatic carbocycles. The highest BCUT2D eigenvalue weighted by molar-refractivity contribution is 5.70. The number of quaternary nitrogens is 1. The molecule has 0 rings (SSSR count). The summed E-state index contributed by atoms with van der Waals surface area (Å²) in [5, 5.41) is 30.3. The summed E-state index contributed by atoms with van der Waals surface area (Å²) >= 11 is 0. The molecule has 0 amide bonds. The molecule has 0 aliphatic rings. The van der Waals surface area contributed by atoms with Gasteiger partial charge >= 0.3 is 11.9 Å². The lowest BCUT2D eigenvalue weighted by Crippen LogP contribution is -2.58. The van der Waals surface area contributed by atoms with E-state index in [9.17, 15) is 29.7 Å². The standard InChI is InChI=1S/C26H47NO6/c1-5-6-7-8-9-10-11-12-13-14-15-16-17-27(18-21(2)24(28)29,19-22(3)25(30)31)20-23(4)26(32)33/h13-14,21-23H,5-12,15-20H2,1-4H3,(H2-,28,29,30,31,32,33)/b14-13+. The lowest BCUT2D eigenvalue weighted by molar-refractivity contribution is -0.934. The SMILES string of the molecule is CCCCCCCCC/C=C/CCC[N+](CC(C)C(=O)[O-])(CC(C)C(=O)O)CC(C)C(=O)O. The first kappa shape index (κ1) is 31.1. The minimum Gasteiger partial charge on any atom is -0.550 e. The maximum absolute atomic E-state index is 11.5. The van der Waals surface area contributed by atoms with Crippen LogP contribution in [0, 0.1) is 17.8 Å². The molecule has 0 saturated heterocycles. The summed E-state index contributed by atoms with van der Waals surface area (Å²) in [5.41, 5.74) is 0. The van der Waals surface area contributed by atoms with Crippen LogP contribution >= 0.6 is 0 Å². The number of carbonyl (C=O) groups is 3. The Morgan fingerprint density at radius 2 is 1.15 bits per heavy atom. The number of unbranched alkanes of at least 4 members (excludes halogenated alkanes) is 8. The topological polar surface area (TPSA) is 115 Å². The molecule has 33 heavy (non-hydrogen) atoms. The van der Waals surface area contributed by atoms with Gasteiger partial charge in [-0.3, -0.25) is 9.59 Å². The van der Waals surface area contributed by atoms with Crippen LogP contribution in [-0.2, 0) is 14.4 Å². The molecule has 3 unspecified atom stereocenters. The highest BCUT2D eigenvalue weighted by atomic mass is 16.4. The normalized spacial score (nSPS) is 16.2. The molecule has 0 aromatic carbocycles. The van der Waals surface area contributed by atoms with Gasteiger partial charge in [-0.25, -0.2) is 0 Å². The fourth-order valence-electron chi connectivity index (χ4n) is 4.47. The van der Waals surface area contributed by atoms with E-state index < -0.39 is 35.7 Å². The van der Waals surface area contributed by atoms with Crippen LogP contribution < -0.4 is 5.11 Å². The molecule has 0 aromatic rings. The zero-order valence-electron chi connectivity index (χ0n) is 21.3. The number of nitrogens with zero attached hydrogens (tertiary/aromatic N) is 1. The fourth-order valence-corrected chi connectivity index (χ4v) is 4.47. The van der Waals surface area contributed by atoms with Gasteiger partial charge in [0.2, 0.25) is 0 Å². The van der Waals surface area contributed by atoms with E-state index in [2.05, 4.69) is 19.1 Å². The number of carbonyl (C=O) groups excluding carboxylic acids is 1. The monoisotopic (exact) mass is 469 g/mol. The first-order chi connectivity index (χ1) is 15.5. The third-order valence-electron chi connectivity index (χ3n) is 6.37. The van der Waals surface area contributed by atoms with Crippen molar-refractivity contribution >= 4 is 17.9 Å². The van der Waals surface area contributed by atoms with E-state index in [4.69, 9.17) is 0 Å². The molecule has 0 heterocycles. The van der Waals surface area contributed by atoms with E-state index in [1.807, 2.05) is 0 Å². The van der Waals surface area contributed by atoms with Crippen molar-refractivity contribution in [3.8, 4) is 0 Å². The van der Waals surface area contributed by atoms with Crippen LogP contribution in [-0.4, -0.2) is 58.8 Å². The average molecular weight is 470 g/mol. The Kier molecular flexibility index (Phi) is 16.6. The zero-order valence-corrected chi connectivity index (χ0v) is 21.3. The second-order valence-corrected chi connectivity index (χ2v) is 9.84. The van der Waals surface area contributed by atoms with Crippen molar-refractivity contribution in [1.29, 1.82) is 0 Å². The molecule has 2 N–H and O–H groups in total. The second-order valence-electron chi connectivity index (χ2n) is 9.84. The molecule has 0 aromatic heterocycles. The zero-order chi connectivity index (χ0) is 25.3. The number of aliphatic carboxylic acids is 3. The van der Waals surface area contributed by atoms with E-state index in [0.717, 1.165) is 19.3 Å². The number of carboxylic acid groups (broad SMARTS) is 3. The van der Waals surface area contributed by atoms with Crippen LogP contribution in [0.25, 0.3) is 0 Å². The molecule has 0 aliphatic heterocycles. The largest absolute Gasteiger partial charge is 0.550 e. The van der Waals surface area contributed by atoms with Gasteiger partial charge in [0.1, 0.15) is 11.8 Å². The Bertz CT molecular complexity index is 549. The molecular formula is C26H47NO6. The first-order valence-electron chi connectivity index (χ1n) is 12.7. The predicted molar refractivity (Wildman–Crippen MR) is 128 cm³/mol. The number of rotatable bonds is 21. The van der Waals surface area contributed by atoms with Crippen molar-refractivity contribution in [3.05, 3.63) is 12.2 Å². The van der Waals surface area contributed by atoms with Crippen LogP contribution in [0.15, 0.2) is 12.2 Å². The van der Waals surface area contributed by atoms with E-state index in [1.165, 1.54) is 44.9 Å². The summed E-state index contributed by atoms with van der Waals surface area (Å²) in [5.74, 6) is -5.31. The van der Waals surface area contributed by atoms with Crippen LogP contribution in [0.5, 0.6) is 0 Å². The Morgan fingerprint density at radius 3 is 1.61 bits per heavy atom. The van der Waals surface area contributed by atoms with Gasteiger partial charge in [-0.1, -0.05) is 64.5 Å². The Labute approximate surface area is 200 Å². The minimum atomic E-state index is -1.20. The number of hydrogen-bond donors (Lipinski definition) is 2. The lowest BCUT2D eigenvalue weighted by atomic mass is 10.0. The van der Waals surface area contributed by atoms with E-state index >= 15 is 0 Å². The summed E-state index contributed by atoms with van der Waals surface area (Å²) in [4.78, 5) is 34.5. The smallest absolute Gasteiger partial charge is 0.311 e. The van der Waals surface area contributed by atoms with Gasteiger partial charge in [0.05, 0.1) is 26.2 Å². The maximum Gasteiger partial charge on any atom is 0.311 e. The maximum atomic E-state index is 11.5. The quantitative estimate of drug-likeness (QED) is 0.149. The summed E-state index contributed by atoms with van der Waals surface area (Å²) in [6.45, 7) is 8.05. The Balaban J connectivity index is 4.93. The number of allylic oxidation sites excluding steroid dienone is 2. The van der Waals surface area contributed by atoms with Crippen molar-refractivity contribution < 1.29 is 34.2 Å². The van der Waals surface area contributed by atoms with Crippen LogP contribution in [0.2, 0.25) is 0 Å². The average Bonchev–Trinajstić information content (AvgIpc) is 2.74. The third-order valence-corrected chi connectivity index (χ3v) is 6.37. The van der Waals surface area contributed by atoms with Gasteiger partial charge in [0.15, 0.2) is 0 Å². The van der Waals surface area contributed by atoms with Crippen molar-refractivity contribution in [3.63, 3.8) is 0 Å². The second kappa shape index (κ2) is 17.6. The molecule has 7 heteroatoms. The van der Waals surface area contributed by atoms with Gasteiger partial charge in [0.25, 0.3) is 0 Å². The molecule has 0 saturated carbocycles. The van der Waals surface area contributed by atoms with Gasteiger partial charge in [-0.05, 0) is 33.1 Å². The minimum absolute atomic E-state index is 0.154. The molecule has 192 valence electrons. The van der Waals surface area contributed by atoms with E-state index in [-0.39, 0.29) is 24.1 Å². The van der Waals surface area contributed by atoms with Crippen molar-refractivity contribution in [2.75, 3.05) is 26.2 Å². The van der Waals surface area contributed by atoms with Gasteiger partial charge < -0.3 is 24.6 Å². The summed E-state index contributed by atoms with van der Waals surface area (Å²) in [6.07, 6.45) is 15.8. The van der Waals surface area contributed by atoms with Crippen LogP contribution in [0.4, 0.5) is 0 Å². The Morgan fingerprint density at radius 1 is 0.727 bits per heavy atom. The highest BCUT2D eigenvalue weighted by Crippen LogP contribution is 2.21. The van der Waals surface area contributed by atoms with Gasteiger partial charge in [-0.15, -0.1) is 0 Å². The van der Waals surface area contributed by atoms with Crippen molar-refractivity contribution in [2.45, 2.75) is 91.9 Å². The van der Waals surface area contributed by atoms with Gasteiger partial charge in [-0.2, -0.15) is 0 Å². The fraction of sp³-hybridized carbons (Fsp3) is 0.808. The van der Waals surface area contributed by atoms with Crippen LogP contribution in [0.3, 0.4) is 0 Å². The first-order valence-corrected chi connectivity index (χ1v) is 12.7. The predicted octanol–water partition coefficient (Wildman–Crippen LogP) is 4.11.